The lowest BCUT2D eigenvalue weighted by atomic mass is 10.0. The van der Waals surface area contributed by atoms with Gasteiger partial charge in [-0.2, -0.15) is 0 Å². The molecule has 3 nitrogen and oxygen atoms in total. The summed E-state index contributed by atoms with van der Waals surface area (Å²) < 4.78 is 0. The first kappa shape index (κ1) is 13.8. The highest BCUT2D eigenvalue weighted by atomic mass is 15.2. The molecule has 0 aliphatic carbocycles. The largest absolute Gasteiger partial charge is 0.399 e. The van der Waals surface area contributed by atoms with Gasteiger partial charge in [0.05, 0.1) is 5.69 Å². The quantitative estimate of drug-likeness (QED) is 0.713. The van der Waals surface area contributed by atoms with Crippen LogP contribution in [0.25, 0.3) is 11.3 Å². The number of aromatic nitrogens is 1. The maximum Gasteiger partial charge on any atom is 0.133 e. The second kappa shape index (κ2) is 5.76. The molecular weight excluding hydrogens is 282 g/mol. The highest BCUT2D eigenvalue weighted by Crippen LogP contribution is 2.33. The summed E-state index contributed by atoms with van der Waals surface area (Å²) in [7, 11) is 0. The van der Waals surface area contributed by atoms with Crippen LogP contribution in [0.15, 0.2) is 66.7 Å². The van der Waals surface area contributed by atoms with Gasteiger partial charge in [0, 0.05) is 23.5 Å². The molecule has 0 spiro atoms. The number of anilines is 3. The van der Waals surface area contributed by atoms with Crippen LogP contribution in [-0.4, -0.2) is 11.5 Å². The lowest BCUT2D eigenvalue weighted by Gasteiger charge is -2.30. The number of pyridine rings is 1. The van der Waals surface area contributed by atoms with E-state index in [2.05, 4.69) is 41.3 Å². The van der Waals surface area contributed by atoms with E-state index >= 15 is 0 Å². The van der Waals surface area contributed by atoms with Crippen molar-refractivity contribution in [3.05, 3.63) is 72.3 Å². The summed E-state index contributed by atoms with van der Waals surface area (Å²) in [6.45, 7) is 1.00. The van der Waals surface area contributed by atoms with E-state index in [4.69, 9.17) is 10.7 Å². The zero-order chi connectivity index (χ0) is 15.6. The van der Waals surface area contributed by atoms with Crippen LogP contribution in [0.1, 0.15) is 12.0 Å². The van der Waals surface area contributed by atoms with Crippen molar-refractivity contribution in [1.29, 1.82) is 0 Å². The second-order valence-electron chi connectivity index (χ2n) is 5.89. The molecule has 0 atom stereocenters. The fourth-order valence-electron chi connectivity index (χ4n) is 3.20. The Kier molecular flexibility index (Phi) is 3.46. The number of nitrogens with two attached hydrogens (primary N) is 1. The molecule has 0 saturated heterocycles. The van der Waals surface area contributed by atoms with Crippen LogP contribution >= 0.6 is 0 Å². The lowest BCUT2D eigenvalue weighted by Crippen LogP contribution is -2.25. The molecule has 0 bridgehead atoms. The van der Waals surface area contributed by atoms with Crippen LogP contribution in [0.4, 0.5) is 17.2 Å². The van der Waals surface area contributed by atoms with Crippen LogP contribution in [0.3, 0.4) is 0 Å². The van der Waals surface area contributed by atoms with Gasteiger partial charge in [-0.3, -0.25) is 0 Å². The Morgan fingerprint density at radius 3 is 2.70 bits per heavy atom. The molecule has 0 radical (unpaired) electrons. The number of rotatable bonds is 2. The van der Waals surface area contributed by atoms with E-state index in [0.717, 1.165) is 42.1 Å². The number of aryl methyl sites for hydroxylation is 1. The highest BCUT2D eigenvalue weighted by molar-refractivity contribution is 5.69. The minimum atomic E-state index is 0.762. The standard InChI is InChI=1S/C20H19N3/c21-17-9-3-7-16(14-17)18-10-4-12-20(22-18)23-13-5-8-15-6-1-2-11-19(15)23/h1-4,6-7,9-12,14H,5,8,13,21H2. The zero-order valence-electron chi connectivity index (χ0n) is 12.9. The van der Waals surface area contributed by atoms with Crippen molar-refractivity contribution in [1.82, 2.24) is 4.98 Å². The molecule has 2 aromatic carbocycles. The Bertz CT molecular complexity index is 842. The van der Waals surface area contributed by atoms with Gasteiger partial charge in [-0.15, -0.1) is 0 Å². The fourth-order valence-corrected chi connectivity index (χ4v) is 3.20. The molecule has 0 fully saturated rings. The number of benzene rings is 2. The van der Waals surface area contributed by atoms with E-state index in [1.807, 2.05) is 30.3 Å². The summed E-state index contributed by atoms with van der Waals surface area (Å²) in [6.07, 6.45) is 2.29. The van der Waals surface area contributed by atoms with E-state index in [1.165, 1.54) is 11.3 Å². The Labute approximate surface area is 136 Å². The summed E-state index contributed by atoms with van der Waals surface area (Å²) in [5, 5.41) is 0. The highest BCUT2D eigenvalue weighted by Gasteiger charge is 2.18. The number of fused-ring (bicyclic) bond motifs is 1. The molecule has 4 rings (SSSR count). The lowest BCUT2D eigenvalue weighted by molar-refractivity contribution is 0.760. The van der Waals surface area contributed by atoms with Crippen molar-refractivity contribution in [2.75, 3.05) is 17.2 Å². The molecule has 3 heteroatoms. The fraction of sp³-hybridized carbons (Fsp3) is 0.150. The van der Waals surface area contributed by atoms with Gasteiger partial charge in [0.15, 0.2) is 0 Å². The van der Waals surface area contributed by atoms with Gasteiger partial charge in [0.25, 0.3) is 0 Å². The van der Waals surface area contributed by atoms with Crippen LogP contribution < -0.4 is 10.6 Å². The van der Waals surface area contributed by atoms with Gasteiger partial charge in [-0.05, 0) is 48.7 Å². The number of nitrogen functional groups attached to an aromatic ring is 1. The summed E-state index contributed by atoms with van der Waals surface area (Å²) in [5.41, 5.74) is 11.3. The van der Waals surface area contributed by atoms with Gasteiger partial charge < -0.3 is 10.6 Å². The van der Waals surface area contributed by atoms with Crippen LogP contribution in [0.5, 0.6) is 0 Å². The van der Waals surface area contributed by atoms with Gasteiger partial charge >= 0.3 is 0 Å². The summed E-state index contributed by atoms with van der Waals surface area (Å²) in [5.74, 6) is 0.997. The van der Waals surface area contributed by atoms with E-state index in [-0.39, 0.29) is 0 Å². The molecule has 3 aromatic rings. The predicted octanol–water partition coefficient (Wildman–Crippen LogP) is 4.42. The van der Waals surface area contributed by atoms with E-state index in [9.17, 15) is 0 Å². The summed E-state index contributed by atoms with van der Waals surface area (Å²) in [6, 6.07) is 22.7. The molecule has 2 heterocycles. The third-order valence-electron chi connectivity index (χ3n) is 4.30. The molecule has 114 valence electrons. The third-order valence-corrected chi connectivity index (χ3v) is 4.30. The molecule has 2 N–H and O–H groups in total. The second-order valence-corrected chi connectivity index (χ2v) is 5.89. The van der Waals surface area contributed by atoms with Gasteiger partial charge in [0.2, 0.25) is 0 Å². The first-order valence-electron chi connectivity index (χ1n) is 8.00. The Hall–Kier alpha value is -2.81. The normalized spacial score (nSPS) is 13.7. The van der Waals surface area contributed by atoms with Crippen molar-refractivity contribution < 1.29 is 0 Å². The monoisotopic (exact) mass is 301 g/mol. The molecule has 1 aliphatic heterocycles. The third kappa shape index (κ3) is 2.66. The zero-order valence-corrected chi connectivity index (χ0v) is 12.9. The van der Waals surface area contributed by atoms with Gasteiger partial charge in [-0.1, -0.05) is 36.4 Å². The number of hydrogen-bond acceptors (Lipinski definition) is 3. The Balaban J connectivity index is 1.75. The Morgan fingerprint density at radius 2 is 1.78 bits per heavy atom. The van der Waals surface area contributed by atoms with Crippen molar-refractivity contribution in [2.24, 2.45) is 0 Å². The van der Waals surface area contributed by atoms with Gasteiger partial charge in [0.1, 0.15) is 5.82 Å². The maximum absolute atomic E-state index is 5.90. The molecule has 0 saturated carbocycles. The first-order chi connectivity index (χ1) is 11.3. The van der Waals surface area contributed by atoms with Gasteiger partial charge in [-0.25, -0.2) is 4.98 Å². The topological polar surface area (TPSA) is 42.1 Å². The van der Waals surface area contributed by atoms with E-state index in [1.54, 1.807) is 0 Å². The Morgan fingerprint density at radius 1 is 0.913 bits per heavy atom. The van der Waals surface area contributed by atoms with E-state index in [0.29, 0.717) is 0 Å². The van der Waals surface area contributed by atoms with Crippen LogP contribution in [0, 0.1) is 0 Å². The maximum atomic E-state index is 5.90. The molecule has 23 heavy (non-hydrogen) atoms. The van der Waals surface area contributed by atoms with E-state index < -0.39 is 0 Å². The van der Waals surface area contributed by atoms with Crippen LogP contribution in [-0.2, 0) is 6.42 Å². The van der Waals surface area contributed by atoms with Crippen LogP contribution in [0.2, 0.25) is 0 Å². The average Bonchev–Trinajstić information content (AvgIpc) is 2.61. The number of nitrogens with zero attached hydrogens (tertiary/aromatic N) is 2. The average molecular weight is 301 g/mol. The molecule has 1 aromatic heterocycles. The number of para-hydroxylation sites is 1. The molecular formula is C20H19N3. The molecule has 0 amide bonds. The molecule has 0 unspecified atom stereocenters. The van der Waals surface area contributed by atoms with Crippen molar-refractivity contribution >= 4 is 17.2 Å². The predicted molar refractivity (Wildman–Crippen MR) is 95.9 cm³/mol. The smallest absolute Gasteiger partial charge is 0.133 e. The van der Waals surface area contributed by atoms with Crippen molar-refractivity contribution in [2.45, 2.75) is 12.8 Å². The van der Waals surface area contributed by atoms with Crippen molar-refractivity contribution in [3.8, 4) is 11.3 Å². The minimum absolute atomic E-state index is 0.762. The first-order valence-corrected chi connectivity index (χ1v) is 8.00. The summed E-state index contributed by atoms with van der Waals surface area (Å²) >= 11 is 0. The summed E-state index contributed by atoms with van der Waals surface area (Å²) in [4.78, 5) is 7.19. The molecule has 1 aliphatic rings. The minimum Gasteiger partial charge on any atom is -0.399 e. The number of hydrogen-bond donors (Lipinski definition) is 1. The SMILES string of the molecule is Nc1cccc(-c2cccc(N3CCCc4ccccc43)n2)c1. The van der Waals surface area contributed by atoms with Crippen molar-refractivity contribution in [3.63, 3.8) is 0 Å².